The molecule has 0 radical (unpaired) electrons. The zero-order valence-corrected chi connectivity index (χ0v) is 17.1. The summed E-state index contributed by atoms with van der Waals surface area (Å²) in [4.78, 5) is 11.0. The molecule has 6 nitrogen and oxygen atoms in total. The van der Waals surface area contributed by atoms with E-state index < -0.39 is 0 Å². The quantitative estimate of drug-likeness (QED) is 0.616. The van der Waals surface area contributed by atoms with E-state index in [-0.39, 0.29) is 12.2 Å². The number of nitrogens with zero attached hydrogens (tertiary/aromatic N) is 3. The van der Waals surface area contributed by atoms with Crippen molar-refractivity contribution in [2.24, 2.45) is 4.99 Å². The Morgan fingerprint density at radius 1 is 1.22 bits per heavy atom. The molecule has 0 aromatic carbocycles. The van der Waals surface area contributed by atoms with Gasteiger partial charge in [-0.15, -0.1) is 11.3 Å². The van der Waals surface area contributed by atoms with Crippen molar-refractivity contribution in [1.29, 1.82) is 0 Å². The second kappa shape index (κ2) is 9.37. The van der Waals surface area contributed by atoms with Crippen LogP contribution in [0, 0.1) is 0 Å². The van der Waals surface area contributed by atoms with Crippen molar-refractivity contribution in [3.05, 3.63) is 22.4 Å². The van der Waals surface area contributed by atoms with Crippen LogP contribution >= 0.6 is 11.3 Å². The van der Waals surface area contributed by atoms with Crippen molar-refractivity contribution in [3.8, 4) is 0 Å². The fourth-order valence-electron chi connectivity index (χ4n) is 4.45. The Labute approximate surface area is 166 Å². The van der Waals surface area contributed by atoms with Gasteiger partial charge in [0.15, 0.2) is 5.96 Å². The van der Waals surface area contributed by atoms with E-state index in [0.717, 1.165) is 51.6 Å². The van der Waals surface area contributed by atoms with Crippen LogP contribution in [-0.4, -0.2) is 81.0 Å². The molecule has 1 aromatic heterocycles. The standard InChI is InChI=1S/C20H32N4O2S/c1-21-20(24-10-12-26-18(15-24)17-6-4-11-25-17)22-14-16(19-7-5-13-27-19)23-8-2-3-9-23/h5,7,13,16-18H,2-4,6,8-12,14-15H2,1H3,(H,21,22). The van der Waals surface area contributed by atoms with Crippen molar-refractivity contribution in [3.63, 3.8) is 0 Å². The summed E-state index contributed by atoms with van der Waals surface area (Å²) in [7, 11) is 1.88. The lowest BCUT2D eigenvalue weighted by Gasteiger charge is -2.37. The summed E-state index contributed by atoms with van der Waals surface area (Å²) in [6.45, 7) is 6.65. The molecule has 0 bridgehead atoms. The van der Waals surface area contributed by atoms with Crippen LogP contribution in [0.15, 0.2) is 22.5 Å². The average molecular weight is 393 g/mol. The fourth-order valence-corrected chi connectivity index (χ4v) is 5.31. The van der Waals surface area contributed by atoms with Gasteiger partial charge in [0.05, 0.1) is 18.8 Å². The minimum Gasteiger partial charge on any atom is -0.375 e. The van der Waals surface area contributed by atoms with Crippen molar-refractivity contribution >= 4 is 17.3 Å². The normalized spacial score (nSPS) is 28.6. The molecular weight excluding hydrogens is 360 g/mol. The number of guanidine groups is 1. The van der Waals surface area contributed by atoms with Crippen LogP contribution in [0.1, 0.15) is 36.6 Å². The first-order chi connectivity index (χ1) is 13.3. The molecule has 4 heterocycles. The lowest BCUT2D eigenvalue weighted by atomic mass is 10.1. The number of ether oxygens (including phenoxy) is 2. The van der Waals surface area contributed by atoms with Crippen molar-refractivity contribution in [2.45, 2.75) is 43.9 Å². The zero-order valence-electron chi connectivity index (χ0n) is 16.3. The molecule has 3 aliphatic rings. The summed E-state index contributed by atoms with van der Waals surface area (Å²) in [6.07, 6.45) is 5.28. The van der Waals surface area contributed by atoms with Gasteiger partial charge < -0.3 is 19.7 Å². The molecule has 3 fully saturated rings. The predicted octanol–water partition coefficient (Wildman–Crippen LogP) is 2.34. The molecule has 3 aliphatic heterocycles. The first-order valence-corrected chi connectivity index (χ1v) is 11.2. The maximum atomic E-state index is 6.00. The largest absolute Gasteiger partial charge is 0.375 e. The lowest BCUT2D eigenvalue weighted by molar-refractivity contribution is -0.0817. The van der Waals surface area contributed by atoms with E-state index in [9.17, 15) is 0 Å². The third-order valence-electron chi connectivity index (χ3n) is 5.89. The zero-order chi connectivity index (χ0) is 18.5. The molecule has 1 N–H and O–H groups in total. The first kappa shape index (κ1) is 19.2. The van der Waals surface area contributed by atoms with Gasteiger partial charge in [0.2, 0.25) is 0 Å². The molecule has 1 aromatic rings. The number of thiophene rings is 1. The van der Waals surface area contributed by atoms with Gasteiger partial charge in [-0.3, -0.25) is 9.89 Å². The van der Waals surface area contributed by atoms with Crippen LogP contribution in [0.4, 0.5) is 0 Å². The van der Waals surface area contributed by atoms with Crippen molar-refractivity contribution < 1.29 is 9.47 Å². The van der Waals surface area contributed by atoms with Gasteiger partial charge in [0.1, 0.15) is 6.10 Å². The molecule has 4 rings (SSSR count). The summed E-state index contributed by atoms with van der Waals surface area (Å²) in [5.41, 5.74) is 0. The molecule has 3 unspecified atom stereocenters. The van der Waals surface area contributed by atoms with Gasteiger partial charge in [0.25, 0.3) is 0 Å². The number of aliphatic imine (C=N–C) groups is 1. The number of hydrogen-bond acceptors (Lipinski definition) is 5. The average Bonchev–Trinajstić information content (AvgIpc) is 3.49. The number of hydrogen-bond donors (Lipinski definition) is 1. The Hall–Kier alpha value is -1.15. The van der Waals surface area contributed by atoms with Crippen LogP contribution in [0.5, 0.6) is 0 Å². The Kier molecular flexibility index (Phi) is 6.65. The summed E-state index contributed by atoms with van der Waals surface area (Å²) in [5, 5.41) is 5.84. The van der Waals surface area contributed by atoms with Gasteiger partial charge in [0, 0.05) is 38.2 Å². The highest BCUT2D eigenvalue weighted by molar-refractivity contribution is 7.10. The Morgan fingerprint density at radius 2 is 2.07 bits per heavy atom. The molecule has 3 saturated heterocycles. The SMILES string of the molecule is CN=C(NCC(c1cccs1)N1CCCC1)N1CCOC(C2CCCO2)C1. The summed E-state index contributed by atoms with van der Waals surface area (Å²) >= 11 is 1.86. The summed E-state index contributed by atoms with van der Waals surface area (Å²) in [6, 6.07) is 4.85. The van der Waals surface area contributed by atoms with E-state index in [0.29, 0.717) is 6.04 Å². The minimum atomic E-state index is 0.159. The molecule has 150 valence electrons. The van der Waals surface area contributed by atoms with E-state index in [1.807, 2.05) is 18.4 Å². The van der Waals surface area contributed by atoms with E-state index in [1.165, 1.54) is 30.8 Å². The van der Waals surface area contributed by atoms with Crippen molar-refractivity contribution in [2.75, 3.05) is 53.0 Å². The molecule has 0 amide bonds. The number of likely N-dealkylation sites (tertiary alicyclic amines) is 1. The Bertz CT molecular complexity index is 597. The third-order valence-corrected chi connectivity index (χ3v) is 6.86. The molecule has 27 heavy (non-hydrogen) atoms. The lowest BCUT2D eigenvalue weighted by Crippen LogP contribution is -2.54. The Morgan fingerprint density at radius 3 is 2.78 bits per heavy atom. The number of rotatable bonds is 5. The van der Waals surface area contributed by atoms with Crippen LogP contribution in [0.2, 0.25) is 0 Å². The topological polar surface area (TPSA) is 49.3 Å². The third kappa shape index (κ3) is 4.65. The number of morpholine rings is 1. The van der Waals surface area contributed by atoms with Gasteiger partial charge in [-0.2, -0.15) is 0 Å². The maximum absolute atomic E-state index is 6.00. The van der Waals surface area contributed by atoms with Gasteiger partial charge in [-0.25, -0.2) is 0 Å². The van der Waals surface area contributed by atoms with E-state index >= 15 is 0 Å². The first-order valence-electron chi connectivity index (χ1n) is 10.3. The monoisotopic (exact) mass is 392 g/mol. The van der Waals surface area contributed by atoms with Crippen LogP contribution in [-0.2, 0) is 9.47 Å². The highest BCUT2D eigenvalue weighted by atomic mass is 32.1. The molecule has 0 aliphatic carbocycles. The van der Waals surface area contributed by atoms with E-state index in [4.69, 9.17) is 9.47 Å². The van der Waals surface area contributed by atoms with Crippen LogP contribution in [0.3, 0.4) is 0 Å². The molecule has 0 spiro atoms. The van der Waals surface area contributed by atoms with Gasteiger partial charge >= 0.3 is 0 Å². The molecule has 3 atom stereocenters. The van der Waals surface area contributed by atoms with Gasteiger partial charge in [-0.05, 0) is 50.2 Å². The fraction of sp³-hybridized carbons (Fsp3) is 0.750. The van der Waals surface area contributed by atoms with Crippen LogP contribution < -0.4 is 5.32 Å². The maximum Gasteiger partial charge on any atom is 0.193 e. The molecule has 7 heteroatoms. The smallest absolute Gasteiger partial charge is 0.193 e. The predicted molar refractivity (Wildman–Crippen MR) is 110 cm³/mol. The minimum absolute atomic E-state index is 0.159. The molecule has 0 saturated carbocycles. The van der Waals surface area contributed by atoms with E-state index in [1.54, 1.807) is 0 Å². The second-order valence-corrected chi connectivity index (χ2v) is 8.59. The summed E-state index contributed by atoms with van der Waals surface area (Å²) < 4.78 is 11.8. The Balaban J connectivity index is 1.37. The molecular formula is C20H32N4O2S. The van der Waals surface area contributed by atoms with Crippen molar-refractivity contribution in [1.82, 2.24) is 15.1 Å². The highest BCUT2D eigenvalue weighted by Crippen LogP contribution is 2.28. The summed E-state index contributed by atoms with van der Waals surface area (Å²) in [5.74, 6) is 0.988. The highest BCUT2D eigenvalue weighted by Gasteiger charge is 2.32. The number of nitrogens with one attached hydrogen (secondary N) is 1. The van der Waals surface area contributed by atoms with E-state index in [2.05, 4.69) is 37.6 Å². The second-order valence-electron chi connectivity index (χ2n) is 7.61. The van der Waals surface area contributed by atoms with Gasteiger partial charge in [-0.1, -0.05) is 6.07 Å². The van der Waals surface area contributed by atoms with Crippen LogP contribution in [0.25, 0.3) is 0 Å².